The van der Waals surface area contributed by atoms with E-state index in [1.54, 1.807) is 7.05 Å². The Bertz CT molecular complexity index is 471. The van der Waals surface area contributed by atoms with Crippen molar-refractivity contribution in [3.05, 3.63) is 23.7 Å². The van der Waals surface area contributed by atoms with E-state index in [0.717, 1.165) is 37.0 Å². The lowest BCUT2D eigenvalue weighted by Crippen LogP contribution is -2.41. The molecule has 1 atom stereocenters. The Labute approximate surface area is 141 Å². The number of rotatable bonds is 8. The number of guanidine groups is 1. The largest absolute Gasteiger partial charge is 0.464 e. The standard InChI is InChI=1S/C18H34N4O/c1-13(2)22(14(3)4)12-8-11-20-18(19-7)21-16(6)17-10-9-15(5)23-17/h9-10,13-14,16H,8,11-12H2,1-7H3,(H2,19,20,21). The monoisotopic (exact) mass is 322 g/mol. The summed E-state index contributed by atoms with van der Waals surface area (Å²) >= 11 is 0. The zero-order chi connectivity index (χ0) is 17.4. The van der Waals surface area contributed by atoms with Gasteiger partial charge in [0.1, 0.15) is 11.5 Å². The Hall–Kier alpha value is -1.49. The van der Waals surface area contributed by atoms with Crippen LogP contribution in [0.1, 0.15) is 58.6 Å². The number of hydrogen-bond acceptors (Lipinski definition) is 3. The van der Waals surface area contributed by atoms with Crippen LogP contribution in [0, 0.1) is 6.92 Å². The third-order valence-electron chi connectivity index (χ3n) is 3.98. The van der Waals surface area contributed by atoms with Crippen LogP contribution in [0.4, 0.5) is 0 Å². The molecule has 2 N–H and O–H groups in total. The van der Waals surface area contributed by atoms with E-state index in [4.69, 9.17) is 4.42 Å². The van der Waals surface area contributed by atoms with Gasteiger partial charge in [0.2, 0.25) is 0 Å². The third-order valence-corrected chi connectivity index (χ3v) is 3.98. The van der Waals surface area contributed by atoms with E-state index < -0.39 is 0 Å². The summed E-state index contributed by atoms with van der Waals surface area (Å²) in [7, 11) is 1.80. The first-order chi connectivity index (χ1) is 10.8. The summed E-state index contributed by atoms with van der Waals surface area (Å²) in [6.45, 7) is 15.0. The van der Waals surface area contributed by atoms with Gasteiger partial charge in [-0.15, -0.1) is 0 Å². The van der Waals surface area contributed by atoms with Crippen molar-refractivity contribution in [1.82, 2.24) is 15.5 Å². The van der Waals surface area contributed by atoms with Crippen molar-refractivity contribution in [2.45, 2.75) is 66.1 Å². The first-order valence-electron chi connectivity index (χ1n) is 8.64. The van der Waals surface area contributed by atoms with Crippen LogP contribution < -0.4 is 10.6 Å². The van der Waals surface area contributed by atoms with E-state index in [-0.39, 0.29) is 6.04 Å². The molecule has 0 fully saturated rings. The molecule has 0 radical (unpaired) electrons. The minimum atomic E-state index is 0.0951. The van der Waals surface area contributed by atoms with E-state index in [2.05, 4.69) is 55.1 Å². The average molecular weight is 322 g/mol. The van der Waals surface area contributed by atoms with Gasteiger partial charge in [-0.1, -0.05) is 0 Å². The molecule has 132 valence electrons. The molecule has 0 bridgehead atoms. The topological polar surface area (TPSA) is 52.8 Å². The predicted molar refractivity (Wildman–Crippen MR) is 98.0 cm³/mol. The van der Waals surface area contributed by atoms with Gasteiger partial charge in [0.15, 0.2) is 5.96 Å². The van der Waals surface area contributed by atoms with Crippen molar-refractivity contribution in [2.75, 3.05) is 20.1 Å². The van der Waals surface area contributed by atoms with Crippen molar-refractivity contribution in [3.8, 4) is 0 Å². The summed E-state index contributed by atoms with van der Waals surface area (Å²) in [5.74, 6) is 2.67. The van der Waals surface area contributed by atoms with E-state index >= 15 is 0 Å². The molecule has 0 saturated heterocycles. The van der Waals surface area contributed by atoms with Crippen LogP contribution in [0.25, 0.3) is 0 Å². The van der Waals surface area contributed by atoms with Crippen molar-refractivity contribution in [1.29, 1.82) is 0 Å². The molecular formula is C18H34N4O. The number of aliphatic imine (C=N–C) groups is 1. The lowest BCUT2D eigenvalue weighted by atomic mass is 10.2. The van der Waals surface area contributed by atoms with Crippen molar-refractivity contribution in [2.24, 2.45) is 4.99 Å². The Morgan fingerprint density at radius 3 is 2.30 bits per heavy atom. The van der Waals surface area contributed by atoms with Gasteiger partial charge >= 0.3 is 0 Å². The molecule has 0 aliphatic heterocycles. The highest BCUT2D eigenvalue weighted by molar-refractivity contribution is 5.79. The van der Waals surface area contributed by atoms with Gasteiger partial charge in [0.25, 0.3) is 0 Å². The molecule has 1 rings (SSSR count). The van der Waals surface area contributed by atoms with Gasteiger partial charge in [-0.25, -0.2) is 0 Å². The highest BCUT2D eigenvalue weighted by Crippen LogP contribution is 2.15. The fourth-order valence-corrected chi connectivity index (χ4v) is 2.74. The predicted octanol–water partition coefficient (Wildman–Crippen LogP) is 3.32. The number of furan rings is 1. The minimum Gasteiger partial charge on any atom is -0.464 e. The van der Waals surface area contributed by atoms with Crippen LogP contribution in [0.3, 0.4) is 0 Å². The molecule has 0 aliphatic carbocycles. The second-order valence-corrected chi connectivity index (χ2v) is 6.59. The first-order valence-corrected chi connectivity index (χ1v) is 8.64. The second kappa shape index (κ2) is 9.60. The fourth-order valence-electron chi connectivity index (χ4n) is 2.74. The van der Waals surface area contributed by atoms with Crippen LogP contribution in [0.5, 0.6) is 0 Å². The average Bonchev–Trinajstić information content (AvgIpc) is 2.91. The molecule has 0 aliphatic rings. The van der Waals surface area contributed by atoms with Crippen LogP contribution in [-0.2, 0) is 0 Å². The molecule has 23 heavy (non-hydrogen) atoms. The highest BCUT2D eigenvalue weighted by Gasteiger charge is 2.13. The molecule has 0 saturated carbocycles. The minimum absolute atomic E-state index is 0.0951. The van der Waals surface area contributed by atoms with Gasteiger partial charge in [-0.3, -0.25) is 9.89 Å². The van der Waals surface area contributed by atoms with Gasteiger partial charge in [0, 0.05) is 32.2 Å². The molecular weight excluding hydrogens is 288 g/mol. The zero-order valence-corrected chi connectivity index (χ0v) is 15.8. The molecule has 0 amide bonds. The summed E-state index contributed by atoms with van der Waals surface area (Å²) in [6.07, 6.45) is 1.09. The molecule has 1 aromatic heterocycles. The lowest BCUT2D eigenvalue weighted by Gasteiger charge is -2.30. The number of nitrogens with zero attached hydrogens (tertiary/aromatic N) is 2. The molecule has 1 aromatic rings. The molecule has 0 spiro atoms. The third kappa shape index (κ3) is 6.65. The van der Waals surface area contributed by atoms with Crippen LogP contribution >= 0.6 is 0 Å². The Balaban J connectivity index is 2.37. The maximum absolute atomic E-state index is 5.65. The summed E-state index contributed by atoms with van der Waals surface area (Å²) < 4.78 is 5.65. The van der Waals surface area contributed by atoms with Gasteiger partial charge < -0.3 is 15.1 Å². The fraction of sp³-hybridized carbons (Fsp3) is 0.722. The van der Waals surface area contributed by atoms with E-state index in [9.17, 15) is 0 Å². The summed E-state index contributed by atoms with van der Waals surface area (Å²) in [5, 5.41) is 6.74. The lowest BCUT2D eigenvalue weighted by molar-refractivity contribution is 0.173. The smallest absolute Gasteiger partial charge is 0.191 e. The van der Waals surface area contributed by atoms with E-state index in [0.29, 0.717) is 12.1 Å². The molecule has 1 heterocycles. The van der Waals surface area contributed by atoms with Crippen molar-refractivity contribution < 1.29 is 4.42 Å². The van der Waals surface area contributed by atoms with Crippen LogP contribution in [0.15, 0.2) is 21.5 Å². The molecule has 5 heteroatoms. The van der Waals surface area contributed by atoms with Gasteiger partial charge in [-0.05, 0) is 60.1 Å². The number of aryl methyl sites for hydroxylation is 1. The summed E-state index contributed by atoms with van der Waals surface area (Å²) in [4.78, 5) is 6.79. The molecule has 5 nitrogen and oxygen atoms in total. The second-order valence-electron chi connectivity index (χ2n) is 6.59. The van der Waals surface area contributed by atoms with E-state index in [1.165, 1.54) is 0 Å². The number of nitrogens with one attached hydrogen (secondary N) is 2. The first kappa shape index (κ1) is 19.6. The van der Waals surface area contributed by atoms with E-state index in [1.807, 2.05) is 19.1 Å². The highest BCUT2D eigenvalue weighted by atomic mass is 16.3. The SMILES string of the molecule is CN=C(NCCCN(C(C)C)C(C)C)NC(C)c1ccc(C)o1. The van der Waals surface area contributed by atoms with Gasteiger partial charge in [-0.2, -0.15) is 0 Å². The Morgan fingerprint density at radius 1 is 1.17 bits per heavy atom. The van der Waals surface area contributed by atoms with Crippen molar-refractivity contribution in [3.63, 3.8) is 0 Å². The maximum Gasteiger partial charge on any atom is 0.191 e. The number of hydrogen-bond donors (Lipinski definition) is 2. The Morgan fingerprint density at radius 2 is 1.83 bits per heavy atom. The van der Waals surface area contributed by atoms with Crippen molar-refractivity contribution >= 4 is 5.96 Å². The normalized spacial score (nSPS) is 13.9. The molecule has 1 unspecified atom stereocenters. The van der Waals surface area contributed by atoms with Crippen LogP contribution in [-0.4, -0.2) is 43.1 Å². The quantitative estimate of drug-likeness (QED) is 0.438. The van der Waals surface area contributed by atoms with Crippen LogP contribution in [0.2, 0.25) is 0 Å². The summed E-state index contributed by atoms with van der Waals surface area (Å²) in [5.41, 5.74) is 0. The maximum atomic E-state index is 5.65. The van der Waals surface area contributed by atoms with Gasteiger partial charge in [0.05, 0.1) is 6.04 Å². The zero-order valence-electron chi connectivity index (χ0n) is 15.8. The molecule has 0 aromatic carbocycles. The summed E-state index contributed by atoms with van der Waals surface area (Å²) in [6, 6.07) is 5.24. The Kier molecular flexibility index (Phi) is 8.17.